The molecular weight excluding hydrogens is 126 g/mol. The molecule has 2 nitrogen and oxygen atoms in total. The Bertz CT molecular complexity index is 170. The first kappa shape index (κ1) is 7.35. The predicted molar refractivity (Wildman–Crippen MR) is 41.7 cm³/mol. The van der Waals surface area contributed by atoms with Gasteiger partial charge in [0, 0.05) is 19.9 Å². The topological polar surface area (TPSA) is 21.3 Å². The number of rotatable bonds is 2. The van der Waals surface area contributed by atoms with E-state index in [4.69, 9.17) is 4.74 Å². The highest BCUT2D eigenvalue weighted by Crippen LogP contribution is 2.05. The van der Waals surface area contributed by atoms with Gasteiger partial charge in [0.2, 0.25) is 0 Å². The lowest BCUT2D eigenvalue weighted by Crippen LogP contribution is -2.14. The molecule has 0 aliphatic carbocycles. The molecule has 0 aromatic carbocycles. The van der Waals surface area contributed by atoms with Gasteiger partial charge >= 0.3 is 0 Å². The fourth-order valence-electron chi connectivity index (χ4n) is 1.00. The average molecular weight is 139 g/mol. The molecule has 56 valence electrons. The number of methoxy groups -OCH3 is 1. The van der Waals surface area contributed by atoms with E-state index in [-0.39, 0.29) is 0 Å². The lowest BCUT2D eigenvalue weighted by molar-refractivity contribution is 0.227. The van der Waals surface area contributed by atoms with Crippen LogP contribution < -0.4 is 5.32 Å². The van der Waals surface area contributed by atoms with Gasteiger partial charge in [-0.15, -0.1) is 0 Å². The zero-order valence-electron chi connectivity index (χ0n) is 6.48. The van der Waals surface area contributed by atoms with Crippen molar-refractivity contribution in [3.63, 3.8) is 0 Å². The molecule has 1 rings (SSSR count). The van der Waals surface area contributed by atoms with Gasteiger partial charge in [0.1, 0.15) is 0 Å². The van der Waals surface area contributed by atoms with Gasteiger partial charge in [-0.25, -0.2) is 0 Å². The summed E-state index contributed by atoms with van der Waals surface area (Å²) < 4.78 is 4.98. The fourth-order valence-corrected chi connectivity index (χ4v) is 1.00. The summed E-state index contributed by atoms with van der Waals surface area (Å²) in [6, 6.07) is 0. The Morgan fingerprint density at radius 1 is 1.70 bits per heavy atom. The Morgan fingerprint density at radius 2 is 2.50 bits per heavy atom. The molecule has 0 fully saturated rings. The largest absolute Gasteiger partial charge is 0.387 e. The van der Waals surface area contributed by atoms with Crippen LogP contribution >= 0.6 is 0 Å². The van der Waals surface area contributed by atoms with E-state index in [1.165, 1.54) is 11.1 Å². The van der Waals surface area contributed by atoms with E-state index in [9.17, 15) is 0 Å². The molecule has 10 heavy (non-hydrogen) atoms. The van der Waals surface area contributed by atoms with Crippen LogP contribution in [0.25, 0.3) is 0 Å². The smallest absolute Gasteiger partial charge is 0.0727 e. The Hall–Kier alpha value is -0.760. The molecule has 1 heterocycles. The van der Waals surface area contributed by atoms with Gasteiger partial charge in [-0.2, -0.15) is 0 Å². The summed E-state index contributed by atoms with van der Waals surface area (Å²) in [4.78, 5) is 0. The molecule has 0 amide bonds. The summed E-state index contributed by atoms with van der Waals surface area (Å²) in [5.41, 5.74) is 2.57. The minimum Gasteiger partial charge on any atom is -0.387 e. The second-order valence-electron chi connectivity index (χ2n) is 2.52. The second-order valence-corrected chi connectivity index (χ2v) is 2.52. The molecule has 0 unspecified atom stereocenters. The predicted octanol–water partition coefficient (Wildman–Crippen LogP) is 1.07. The molecule has 0 aromatic heterocycles. The van der Waals surface area contributed by atoms with Crippen molar-refractivity contribution in [3.05, 3.63) is 23.4 Å². The quantitative estimate of drug-likeness (QED) is 0.617. The standard InChI is InChI=1S/C8H13NO/c1-7-3-8(6-10-2)5-9-4-7/h3,5,9H,4,6H2,1-2H3. The van der Waals surface area contributed by atoms with Crippen molar-refractivity contribution in [1.29, 1.82) is 0 Å². The van der Waals surface area contributed by atoms with E-state index in [1.807, 2.05) is 6.20 Å². The SMILES string of the molecule is COCC1=CNCC(C)=C1. The maximum atomic E-state index is 4.98. The third kappa shape index (κ3) is 1.88. The van der Waals surface area contributed by atoms with Crippen molar-refractivity contribution in [2.45, 2.75) is 6.92 Å². The van der Waals surface area contributed by atoms with Gasteiger partial charge in [-0.05, 0) is 12.5 Å². The maximum absolute atomic E-state index is 4.98. The Morgan fingerprint density at radius 3 is 3.10 bits per heavy atom. The average Bonchev–Trinajstić information content (AvgIpc) is 1.88. The monoisotopic (exact) mass is 139 g/mol. The molecule has 2 heteroatoms. The molecule has 0 radical (unpaired) electrons. The maximum Gasteiger partial charge on any atom is 0.0727 e. The summed E-state index contributed by atoms with van der Waals surface area (Å²) in [6.45, 7) is 3.77. The summed E-state index contributed by atoms with van der Waals surface area (Å²) in [6.07, 6.45) is 4.15. The summed E-state index contributed by atoms with van der Waals surface area (Å²) in [5.74, 6) is 0. The van der Waals surface area contributed by atoms with Crippen LogP contribution in [-0.4, -0.2) is 20.3 Å². The van der Waals surface area contributed by atoms with Gasteiger partial charge < -0.3 is 10.1 Å². The third-order valence-corrected chi connectivity index (χ3v) is 1.41. The minimum absolute atomic E-state index is 0.699. The lowest BCUT2D eigenvalue weighted by Gasteiger charge is -2.11. The van der Waals surface area contributed by atoms with E-state index in [1.54, 1.807) is 7.11 Å². The van der Waals surface area contributed by atoms with Crippen molar-refractivity contribution >= 4 is 0 Å². The van der Waals surface area contributed by atoms with Crippen LogP contribution in [0, 0.1) is 0 Å². The second kappa shape index (κ2) is 3.42. The molecule has 0 aromatic rings. The zero-order chi connectivity index (χ0) is 7.40. The van der Waals surface area contributed by atoms with Crippen LogP contribution in [0.2, 0.25) is 0 Å². The fraction of sp³-hybridized carbons (Fsp3) is 0.500. The van der Waals surface area contributed by atoms with Crippen molar-refractivity contribution in [2.24, 2.45) is 0 Å². The van der Waals surface area contributed by atoms with Crippen molar-refractivity contribution in [3.8, 4) is 0 Å². The highest BCUT2D eigenvalue weighted by Gasteiger charge is 1.98. The van der Waals surface area contributed by atoms with Gasteiger partial charge in [0.15, 0.2) is 0 Å². The summed E-state index contributed by atoms with van der Waals surface area (Å²) in [7, 11) is 1.71. The molecule has 0 bridgehead atoms. The van der Waals surface area contributed by atoms with E-state index in [0.717, 1.165) is 6.54 Å². The normalized spacial score (nSPS) is 17.4. The summed E-state index contributed by atoms with van der Waals surface area (Å²) >= 11 is 0. The van der Waals surface area contributed by atoms with E-state index < -0.39 is 0 Å². The molecule has 1 aliphatic heterocycles. The van der Waals surface area contributed by atoms with E-state index in [2.05, 4.69) is 18.3 Å². The van der Waals surface area contributed by atoms with Gasteiger partial charge in [-0.1, -0.05) is 11.6 Å². The number of dihydropyridines is 1. The van der Waals surface area contributed by atoms with Crippen LogP contribution in [0.15, 0.2) is 23.4 Å². The third-order valence-electron chi connectivity index (χ3n) is 1.41. The first-order chi connectivity index (χ1) is 4.83. The first-order valence-electron chi connectivity index (χ1n) is 3.41. The molecule has 1 N–H and O–H groups in total. The number of nitrogens with one attached hydrogen (secondary N) is 1. The Kier molecular flexibility index (Phi) is 2.51. The molecule has 0 atom stereocenters. The van der Waals surface area contributed by atoms with Crippen LogP contribution in [0.1, 0.15) is 6.92 Å². The molecular formula is C8H13NO. The van der Waals surface area contributed by atoms with Crippen LogP contribution in [-0.2, 0) is 4.74 Å². The summed E-state index contributed by atoms with van der Waals surface area (Å²) in [5, 5.41) is 3.16. The van der Waals surface area contributed by atoms with Gasteiger partial charge in [-0.3, -0.25) is 0 Å². The highest BCUT2D eigenvalue weighted by molar-refractivity contribution is 5.27. The Labute approximate surface area is 61.6 Å². The Balaban J connectivity index is 2.51. The highest BCUT2D eigenvalue weighted by atomic mass is 16.5. The van der Waals surface area contributed by atoms with Crippen molar-refractivity contribution < 1.29 is 4.74 Å². The number of hydrogen-bond acceptors (Lipinski definition) is 2. The van der Waals surface area contributed by atoms with E-state index >= 15 is 0 Å². The number of ether oxygens (including phenoxy) is 1. The van der Waals surface area contributed by atoms with E-state index in [0.29, 0.717) is 6.61 Å². The number of hydrogen-bond donors (Lipinski definition) is 1. The van der Waals surface area contributed by atoms with Crippen LogP contribution in [0.5, 0.6) is 0 Å². The molecule has 0 saturated heterocycles. The lowest BCUT2D eigenvalue weighted by atomic mass is 10.1. The zero-order valence-corrected chi connectivity index (χ0v) is 6.48. The van der Waals surface area contributed by atoms with Crippen molar-refractivity contribution in [1.82, 2.24) is 5.32 Å². The molecule has 0 saturated carbocycles. The van der Waals surface area contributed by atoms with Gasteiger partial charge in [0.25, 0.3) is 0 Å². The molecule has 0 spiro atoms. The first-order valence-corrected chi connectivity index (χ1v) is 3.41. The van der Waals surface area contributed by atoms with Crippen LogP contribution in [0.3, 0.4) is 0 Å². The van der Waals surface area contributed by atoms with Crippen LogP contribution in [0.4, 0.5) is 0 Å². The van der Waals surface area contributed by atoms with Gasteiger partial charge in [0.05, 0.1) is 6.61 Å². The van der Waals surface area contributed by atoms with Crippen molar-refractivity contribution in [2.75, 3.05) is 20.3 Å². The minimum atomic E-state index is 0.699. The molecule has 1 aliphatic rings.